The molecule has 0 bridgehead atoms. The molecule has 0 aliphatic heterocycles. The van der Waals surface area contributed by atoms with Crippen molar-refractivity contribution in [2.24, 2.45) is 34.5 Å². The molecule has 4 aliphatic rings. The molecule has 3 fully saturated rings. The van der Waals surface area contributed by atoms with Crippen molar-refractivity contribution in [2.75, 3.05) is 0 Å². The maximum Gasteiger partial charge on any atom is 0.273 e. The number of aliphatic hydroxyl groups is 1. The highest BCUT2D eigenvalue weighted by Gasteiger charge is 2.60. The molecule has 2 aromatic heterocycles. The normalized spacial score (nSPS) is 45.8. The Kier molecular flexibility index (Phi) is 3.21. The first kappa shape index (κ1) is 16.4. The maximum atomic E-state index is 10.7. The topological polar surface area (TPSA) is 76.2 Å². The van der Waals surface area contributed by atoms with Crippen LogP contribution in [0, 0.1) is 34.5 Å². The van der Waals surface area contributed by atoms with E-state index in [0.29, 0.717) is 23.0 Å². The average molecular weight is 367 g/mol. The van der Waals surface area contributed by atoms with Crippen molar-refractivity contribution in [2.45, 2.75) is 71.3 Å². The van der Waals surface area contributed by atoms with Crippen LogP contribution in [0.15, 0.2) is 6.20 Å². The summed E-state index contributed by atoms with van der Waals surface area (Å²) in [5, 5.41) is 22.5. The van der Waals surface area contributed by atoms with Crippen molar-refractivity contribution >= 4 is 5.78 Å². The second-order valence-corrected chi connectivity index (χ2v) is 10.3. The van der Waals surface area contributed by atoms with Gasteiger partial charge in [-0.15, -0.1) is 0 Å². The number of aromatic nitrogens is 5. The van der Waals surface area contributed by atoms with Crippen LogP contribution >= 0.6 is 0 Å². The Hall–Kier alpha value is -1.56. The van der Waals surface area contributed by atoms with Crippen molar-refractivity contribution in [3.8, 4) is 0 Å². The van der Waals surface area contributed by atoms with Crippen LogP contribution in [0.2, 0.25) is 0 Å². The van der Waals surface area contributed by atoms with E-state index in [-0.39, 0.29) is 11.5 Å². The van der Waals surface area contributed by atoms with Crippen LogP contribution in [0.4, 0.5) is 0 Å². The van der Waals surface area contributed by atoms with Crippen LogP contribution < -0.4 is 0 Å². The monoisotopic (exact) mass is 367 g/mol. The van der Waals surface area contributed by atoms with E-state index in [1.54, 1.807) is 4.52 Å². The Morgan fingerprint density at radius 2 is 1.93 bits per heavy atom. The predicted octanol–water partition coefficient (Wildman–Crippen LogP) is 2.84. The Morgan fingerprint density at radius 3 is 2.81 bits per heavy atom. The Bertz CT molecular complexity index is 911. The minimum Gasteiger partial charge on any atom is -0.393 e. The predicted molar refractivity (Wildman–Crippen MR) is 99.9 cm³/mol. The molecule has 2 heterocycles. The van der Waals surface area contributed by atoms with Crippen molar-refractivity contribution < 1.29 is 5.11 Å². The first-order valence-corrected chi connectivity index (χ1v) is 10.7. The highest BCUT2D eigenvalue weighted by atomic mass is 16.3. The highest BCUT2D eigenvalue weighted by molar-refractivity contribution is 5.34. The zero-order valence-electron chi connectivity index (χ0n) is 16.3. The van der Waals surface area contributed by atoms with Crippen LogP contribution in [0.25, 0.3) is 5.78 Å². The molecule has 0 unspecified atom stereocenters. The van der Waals surface area contributed by atoms with Gasteiger partial charge in [-0.2, -0.15) is 4.52 Å². The summed E-state index contributed by atoms with van der Waals surface area (Å²) < 4.78 is 1.73. The molecule has 6 heteroatoms. The van der Waals surface area contributed by atoms with Crippen LogP contribution in [0.3, 0.4) is 0 Å². The molecule has 0 radical (unpaired) electrons. The van der Waals surface area contributed by atoms with Crippen molar-refractivity contribution in [1.29, 1.82) is 0 Å². The molecule has 2 aromatic rings. The summed E-state index contributed by atoms with van der Waals surface area (Å²) in [5.74, 6) is 3.61. The lowest BCUT2D eigenvalue weighted by Gasteiger charge is -2.60. The average Bonchev–Trinajstić information content (AvgIpc) is 3.21. The fourth-order valence-electron chi connectivity index (χ4n) is 7.85. The first-order chi connectivity index (χ1) is 13.0. The van der Waals surface area contributed by atoms with Gasteiger partial charge in [-0.3, -0.25) is 0 Å². The van der Waals surface area contributed by atoms with Gasteiger partial charge >= 0.3 is 0 Å². The van der Waals surface area contributed by atoms with E-state index in [1.165, 1.54) is 43.4 Å². The summed E-state index contributed by atoms with van der Waals surface area (Å²) in [5.41, 5.74) is 3.06. The lowest BCUT2D eigenvalue weighted by Crippen LogP contribution is -2.54. The Morgan fingerprint density at radius 1 is 1.07 bits per heavy atom. The summed E-state index contributed by atoms with van der Waals surface area (Å²) in [7, 11) is 0. The third-order valence-electron chi connectivity index (χ3n) is 9.39. The zero-order chi connectivity index (χ0) is 18.4. The highest BCUT2D eigenvalue weighted by Crippen LogP contribution is 2.65. The van der Waals surface area contributed by atoms with Crippen molar-refractivity contribution in [1.82, 2.24) is 25.0 Å². The molecule has 3 saturated carbocycles. The molecule has 27 heavy (non-hydrogen) atoms. The first-order valence-electron chi connectivity index (χ1n) is 10.7. The van der Waals surface area contributed by atoms with E-state index < -0.39 is 0 Å². The van der Waals surface area contributed by atoms with Gasteiger partial charge < -0.3 is 5.11 Å². The van der Waals surface area contributed by atoms with Gasteiger partial charge in [-0.25, -0.2) is 4.98 Å². The lowest BCUT2D eigenvalue weighted by atomic mass is 9.45. The molecule has 0 spiro atoms. The lowest BCUT2D eigenvalue weighted by molar-refractivity contribution is -0.111. The number of hydrogen-bond acceptors (Lipinski definition) is 5. The largest absolute Gasteiger partial charge is 0.393 e. The molecule has 4 aliphatic carbocycles. The van der Waals surface area contributed by atoms with Gasteiger partial charge in [0, 0.05) is 11.9 Å². The van der Waals surface area contributed by atoms with E-state index >= 15 is 0 Å². The molecule has 0 amide bonds. The minimum atomic E-state index is -0.0849. The Balaban J connectivity index is 1.38. The minimum absolute atomic E-state index is 0.0849. The molecular formula is C21H29N5O. The van der Waals surface area contributed by atoms with E-state index in [1.807, 2.05) is 0 Å². The van der Waals surface area contributed by atoms with E-state index in [9.17, 15) is 5.11 Å². The van der Waals surface area contributed by atoms with Gasteiger partial charge in [0.15, 0.2) is 0 Å². The van der Waals surface area contributed by atoms with Crippen molar-refractivity contribution in [3.63, 3.8) is 0 Å². The zero-order valence-corrected chi connectivity index (χ0v) is 16.3. The van der Waals surface area contributed by atoms with Crippen LogP contribution in [0.1, 0.15) is 63.6 Å². The summed E-state index contributed by atoms with van der Waals surface area (Å²) in [6, 6.07) is 0. The number of nitrogens with zero attached hydrogens (tertiary/aromatic N) is 5. The third-order valence-corrected chi connectivity index (χ3v) is 9.39. The smallest absolute Gasteiger partial charge is 0.273 e. The van der Waals surface area contributed by atoms with Gasteiger partial charge in [-0.05, 0) is 102 Å². The fraction of sp³-hybridized carbons (Fsp3) is 0.810. The SMILES string of the molecule is C[C@]12Cc3cn4nnnc4nc3C[C@@H]1CC[C@H]1[C@@H]2CC[C@@]2(C)[C@@H](O)CC[C@@H]12. The molecule has 0 aromatic carbocycles. The fourth-order valence-corrected chi connectivity index (χ4v) is 7.85. The standard InChI is InChI=1S/C21H29N5O/c1-20-8-7-16-14(15(20)5-6-18(20)27)4-3-13-9-17-12(10-21(13,16)2)11-26-19(22-17)23-24-25-26/h11,13-16,18,27H,3-10H2,1-2H3/t13-,14+,15-,16-,18-,20+,21-/m0/s1. The van der Waals surface area contributed by atoms with Crippen molar-refractivity contribution in [3.05, 3.63) is 17.5 Å². The van der Waals surface area contributed by atoms with Gasteiger partial charge in [-0.1, -0.05) is 18.9 Å². The van der Waals surface area contributed by atoms with Gasteiger partial charge in [0.2, 0.25) is 0 Å². The second-order valence-electron chi connectivity index (χ2n) is 10.3. The van der Waals surface area contributed by atoms with E-state index in [0.717, 1.165) is 31.1 Å². The number of fused-ring (bicyclic) bond motifs is 7. The van der Waals surface area contributed by atoms with Crippen LogP contribution in [-0.4, -0.2) is 36.2 Å². The van der Waals surface area contributed by atoms with E-state index in [4.69, 9.17) is 4.98 Å². The molecule has 144 valence electrons. The molecule has 1 N–H and O–H groups in total. The van der Waals surface area contributed by atoms with E-state index in [2.05, 4.69) is 35.6 Å². The number of rotatable bonds is 0. The second kappa shape index (κ2) is 5.28. The number of aliphatic hydroxyl groups excluding tert-OH is 1. The summed E-state index contributed by atoms with van der Waals surface area (Å²) in [6.07, 6.45) is 11.5. The van der Waals surface area contributed by atoms with Gasteiger partial charge in [0.05, 0.1) is 6.10 Å². The number of hydrogen-bond donors (Lipinski definition) is 1. The quantitative estimate of drug-likeness (QED) is 0.775. The Labute approximate surface area is 159 Å². The number of tetrazole rings is 1. The van der Waals surface area contributed by atoms with Gasteiger partial charge in [0.1, 0.15) is 0 Å². The molecule has 6 nitrogen and oxygen atoms in total. The van der Waals surface area contributed by atoms with Crippen LogP contribution in [0.5, 0.6) is 0 Å². The maximum absolute atomic E-state index is 10.7. The third kappa shape index (κ3) is 2.05. The molecule has 6 rings (SSSR count). The summed E-state index contributed by atoms with van der Waals surface area (Å²) in [4.78, 5) is 4.77. The summed E-state index contributed by atoms with van der Waals surface area (Å²) in [6.45, 7) is 4.92. The molecule has 7 atom stereocenters. The molecule has 0 saturated heterocycles. The summed E-state index contributed by atoms with van der Waals surface area (Å²) >= 11 is 0. The van der Waals surface area contributed by atoms with Crippen LogP contribution in [-0.2, 0) is 12.8 Å². The molecular weight excluding hydrogens is 338 g/mol. The van der Waals surface area contributed by atoms with Gasteiger partial charge in [0.25, 0.3) is 5.78 Å².